The molecule has 9 nitrogen and oxygen atoms in total. The summed E-state index contributed by atoms with van der Waals surface area (Å²) in [7, 11) is -2.75. The van der Waals surface area contributed by atoms with Gasteiger partial charge >= 0.3 is 5.97 Å². The van der Waals surface area contributed by atoms with Crippen LogP contribution in [0.15, 0.2) is 51.9 Å². The second-order valence-electron chi connectivity index (χ2n) is 7.27. The van der Waals surface area contributed by atoms with Crippen LogP contribution in [0.5, 0.6) is 0 Å². The highest BCUT2D eigenvalue weighted by atomic mass is 32.2. The first-order valence-corrected chi connectivity index (χ1v) is 11.6. The van der Waals surface area contributed by atoms with Crippen molar-refractivity contribution in [2.75, 3.05) is 24.8 Å². The van der Waals surface area contributed by atoms with Gasteiger partial charge in [0.1, 0.15) is 12.5 Å². The number of methoxy groups -OCH3 is 1. The molecule has 1 N–H and O–H groups in total. The van der Waals surface area contributed by atoms with Gasteiger partial charge in [0.25, 0.3) is 10.0 Å². The molecule has 0 amide bonds. The van der Waals surface area contributed by atoms with E-state index in [9.17, 15) is 18.3 Å². The van der Waals surface area contributed by atoms with E-state index in [1.165, 1.54) is 25.3 Å². The molecule has 0 aliphatic carbocycles. The maximum Gasteiger partial charge on any atom is 0.335 e. The number of carbonyl (C=O) groups is 1. The van der Waals surface area contributed by atoms with Crippen molar-refractivity contribution in [2.24, 2.45) is 0 Å². The van der Waals surface area contributed by atoms with Crippen LogP contribution in [0.2, 0.25) is 0 Å². The minimum absolute atomic E-state index is 0.0166. The summed E-state index contributed by atoms with van der Waals surface area (Å²) in [6.07, 6.45) is 0. The summed E-state index contributed by atoms with van der Waals surface area (Å²) < 4.78 is 44.6. The largest absolute Gasteiger partial charge is 0.478 e. The standard InChI is InChI=1S/C23H26N2O7S/c1-5-31-13-18-12-17(23(26)27)10-11-19(18)20-8-6-7-9-21(20)33(28,29)25(14-30-4)22-15(2)16(3)32-24-22/h6-12H,5,13-14H2,1-4H3,(H,26,27). The smallest absolute Gasteiger partial charge is 0.335 e. The van der Waals surface area contributed by atoms with Crippen molar-refractivity contribution in [2.45, 2.75) is 32.3 Å². The third-order valence-electron chi connectivity index (χ3n) is 5.17. The lowest BCUT2D eigenvalue weighted by atomic mass is 9.98. The molecule has 0 saturated carbocycles. The van der Waals surface area contributed by atoms with Crippen molar-refractivity contribution >= 4 is 21.8 Å². The molecule has 3 aromatic rings. The van der Waals surface area contributed by atoms with Gasteiger partial charge in [-0.3, -0.25) is 0 Å². The predicted octanol–water partition coefficient (Wildman–Crippen LogP) is 3.99. The zero-order valence-corrected chi connectivity index (χ0v) is 19.7. The van der Waals surface area contributed by atoms with E-state index in [1.807, 2.05) is 6.92 Å². The lowest BCUT2D eigenvalue weighted by Crippen LogP contribution is -2.34. The van der Waals surface area contributed by atoms with Gasteiger partial charge < -0.3 is 19.1 Å². The van der Waals surface area contributed by atoms with Crippen molar-refractivity contribution in [1.82, 2.24) is 5.16 Å². The molecule has 0 unspecified atom stereocenters. The van der Waals surface area contributed by atoms with Gasteiger partial charge in [-0.2, -0.15) is 0 Å². The van der Waals surface area contributed by atoms with Gasteiger partial charge in [-0.05, 0) is 50.1 Å². The average Bonchev–Trinajstić information content (AvgIpc) is 3.13. The van der Waals surface area contributed by atoms with Gasteiger partial charge in [0, 0.05) is 24.8 Å². The molecule has 0 fully saturated rings. The molecule has 0 atom stereocenters. The van der Waals surface area contributed by atoms with E-state index in [0.717, 1.165) is 4.31 Å². The number of sulfonamides is 1. The van der Waals surface area contributed by atoms with Crippen molar-refractivity contribution < 1.29 is 32.3 Å². The van der Waals surface area contributed by atoms with E-state index in [1.54, 1.807) is 38.1 Å². The van der Waals surface area contributed by atoms with Crippen LogP contribution in [0.3, 0.4) is 0 Å². The van der Waals surface area contributed by atoms with E-state index >= 15 is 0 Å². The number of aryl methyl sites for hydroxylation is 1. The van der Waals surface area contributed by atoms with E-state index in [0.29, 0.717) is 34.6 Å². The van der Waals surface area contributed by atoms with Crippen LogP contribution in [0, 0.1) is 13.8 Å². The Labute approximate surface area is 192 Å². The highest BCUT2D eigenvalue weighted by Crippen LogP contribution is 2.35. The number of anilines is 1. The van der Waals surface area contributed by atoms with Gasteiger partial charge in [0.2, 0.25) is 0 Å². The van der Waals surface area contributed by atoms with Crippen LogP contribution in [-0.4, -0.2) is 45.1 Å². The fourth-order valence-corrected chi connectivity index (χ4v) is 4.94. The quantitative estimate of drug-likeness (QED) is 0.438. The second kappa shape index (κ2) is 10.2. The zero-order valence-electron chi connectivity index (χ0n) is 18.9. The van der Waals surface area contributed by atoms with Crippen molar-refractivity contribution in [1.29, 1.82) is 0 Å². The van der Waals surface area contributed by atoms with Gasteiger partial charge in [-0.1, -0.05) is 29.4 Å². The molecule has 0 radical (unpaired) electrons. The van der Waals surface area contributed by atoms with Gasteiger partial charge in [-0.25, -0.2) is 17.5 Å². The van der Waals surface area contributed by atoms with Gasteiger partial charge in [0.15, 0.2) is 5.82 Å². The summed E-state index contributed by atoms with van der Waals surface area (Å²) in [5.41, 5.74) is 2.19. The van der Waals surface area contributed by atoms with Gasteiger partial charge in [-0.15, -0.1) is 0 Å². The highest BCUT2D eigenvalue weighted by molar-refractivity contribution is 7.93. The Balaban J connectivity index is 2.20. The normalized spacial score (nSPS) is 11.5. The first-order chi connectivity index (χ1) is 15.7. The molecular weight excluding hydrogens is 448 g/mol. The van der Waals surface area contributed by atoms with Crippen LogP contribution < -0.4 is 4.31 Å². The summed E-state index contributed by atoms with van der Waals surface area (Å²) in [4.78, 5) is 11.5. The molecule has 0 bridgehead atoms. The molecule has 10 heteroatoms. The zero-order chi connectivity index (χ0) is 24.2. The monoisotopic (exact) mass is 474 g/mol. The van der Waals surface area contributed by atoms with Crippen molar-refractivity contribution in [3.05, 3.63) is 64.9 Å². The Hall–Kier alpha value is -3.21. The lowest BCUT2D eigenvalue weighted by Gasteiger charge is -2.23. The molecule has 0 aliphatic heterocycles. The Bertz CT molecular complexity index is 1250. The van der Waals surface area contributed by atoms with Gasteiger partial charge in [0.05, 0.1) is 17.1 Å². The summed E-state index contributed by atoms with van der Waals surface area (Å²) >= 11 is 0. The van der Waals surface area contributed by atoms with Crippen LogP contribution >= 0.6 is 0 Å². The maximum atomic E-state index is 13.8. The SMILES string of the molecule is CCOCc1cc(C(=O)O)ccc1-c1ccccc1S(=O)(=O)N(COC)c1noc(C)c1C. The molecule has 2 aromatic carbocycles. The number of carboxylic acid groups (broad SMARTS) is 1. The number of aromatic carboxylic acids is 1. The van der Waals surface area contributed by atoms with Crippen LogP contribution in [-0.2, 0) is 26.1 Å². The third kappa shape index (κ3) is 4.92. The third-order valence-corrected chi connectivity index (χ3v) is 6.94. The van der Waals surface area contributed by atoms with Crippen LogP contribution in [0.25, 0.3) is 11.1 Å². The number of hydrogen-bond donors (Lipinski definition) is 1. The molecule has 3 rings (SSSR count). The minimum Gasteiger partial charge on any atom is -0.478 e. The number of aromatic nitrogens is 1. The summed E-state index contributed by atoms with van der Waals surface area (Å²) in [5.74, 6) is -0.443. The number of hydrogen-bond acceptors (Lipinski definition) is 7. The van der Waals surface area contributed by atoms with Crippen molar-refractivity contribution in [3.8, 4) is 11.1 Å². The van der Waals surface area contributed by atoms with E-state index < -0.39 is 16.0 Å². The predicted molar refractivity (Wildman–Crippen MR) is 122 cm³/mol. The van der Waals surface area contributed by atoms with Crippen LogP contribution in [0.1, 0.15) is 34.2 Å². The maximum absolute atomic E-state index is 13.8. The fraction of sp³-hybridized carbons (Fsp3) is 0.304. The summed E-state index contributed by atoms with van der Waals surface area (Å²) in [6.45, 7) is 5.52. The number of carboxylic acids is 1. The molecular formula is C23H26N2O7S. The molecule has 0 saturated heterocycles. The lowest BCUT2D eigenvalue weighted by molar-refractivity contribution is 0.0696. The first kappa shape index (κ1) is 24.4. The molecule has 1 aromatic heterocycles. The molecule has 0 spiro atoms. The number of ether oxygens (including phenoxy) is 2. The number of rotatable bonds is 10. The number of benzene rings is 2. The highest BCUT2D eigenvalue weighted by Gasteiger charge is 2.32. The van der Waals surface area contributed by atoms with E-state index in [4.69, 9.17) is 14.0 Å². The Kier molecular flexibility index (Phi) is 7.52. The Morgan fingerprint density at radius 1 is 1.15 bits per heavy atom. The van der Waals surface area contributed by atoms with E-state index in [2.05, 4.69) is 5.16 Å². The Morgan fingerprint density at radius 2 is 1.88 bits per heavy atom. The number of nitrogens with zero attached hydrogens (tertiary/aromatic N) is 2. The van der Waals surface area contributed by atoms with Crippen LogP contribution in [0.4, 0.5) is 5.82 Å². The molecule has 1 heterocycles. The average molecular weight is 475 g/mol. The topological polar surface area (TPSA) is 119 Å². The summed E-state index contributed by atoms with van der Waals surface area (Å²) in [6, 6.07) is 11.0. The van der Waals surface area contributed by atoms with Crippen molar-refractivity contribution in [3.63, 3.8) is 0 Å². The second-order valence-corrected chi connectivity index (χ2v) is 9.10. The Morgan fingerprint density at radius 3 is 2.48 bits per heavy atom. The minimum atomic E-state index is -4.14. The molecule has 0 aliphatic rings. The fourth-order valence-electron chi connectivity index (χ4n) is 3.35. The summed E-state index contributed by atoms with van der Waals surface area (Å²) in [5, 5.41) is 13.3. The van der Waals surface area contributed by atoms with E-state index in [-0.39, 0.29) is 29.6 Å². The first-order valence-electron chi connectivity index (χ1n) is 10.2. The molecule has 33 heavy (non-hydrogen) atoms. The molecule has 176 valence electrons.